The number of alkyl halides is 1. The topological polar surface area (TPSA) is 0 Å². The van der Waals surface area contributed by atoms with E-state index in [1.54, 1.807) is 0 Å². The van der Waals surface area contributed by atoms with Crippen LogP contribution < -0.4 is 0 Å². The lowest BCUT2D eigenvalue weighted by atomic mass is 9.90. The summed E-state index contributed by atoms with van der Waals surface area (Å²) in [7, 11) is 0. The van der Waals surface area contributed by atoms with E-state index in [0.717, 1.165) is 18.8 Å². The number of halogens is 1. The average molecular weight is 186 g/mol. The Labute approximate surface area is 81.9 Å². The molecule has 1 rings (SSSR count). The van der Waals surface area contributed by atoms with E-state index in [1.807, 2.05) is 0 Å². The second kappa shape index (κ2) is 4.97. The summed E-state index contributed by atoms with van der Waals surface area (Å²) in [6.45, 7) is 6.48. The molecule has 0 radical (unpaired) electrons. The van der Waals surface area contributed by atoms with Crippen LogP contribution in [0, 0.1) is 17.8 Å². The van der Waals surface area contributed by atoms with E-state index in [-0.39, 0.29) is 5.92 Å². The molecule has 0 aromatic carbocycles. The van der Waals surface area contributed by atoms with E-state index < -0.39 is 6.17 Å². The molecule has 0 saturated heterocycles. The summed E-state index contributed by atoms with van der Waals surface area (Å²) < 4.78 is 13.6. The summed E-state index contributed by atoms with van der Waals surface area (Å²) in [4.78, 5) is 0. The molecule has 1 fully saturated rings. The first-order chi connectivity index (χ1) is 6.13. The maximum atomic E-state index is 13.6. The van der Waals surface area contributed by atoms with Crippen LogP contribution in [0.4, 0.5) is 4.39 Å². The molecule has 0 nitrogen and oxygen atoms in total. The van der Waals surface area contributed by atoms with Crippen LogP contribution in [0.2, 0.25) is 0 Å². The predicted octanol–water partition coefficient (Wildman–Crippen LogP) is 4.20. The highest BCUT2D eigenvalue weighted by atomic mass is 19.1. The molecular formula is C12H23F. The Kier molecular flexibility index (Phi) is 4.21. The molecule has 1 aliphatic rings. The van der Waals surface area contributed by atoms with Gasteiger partial charge in [-0.2, -0.15) is 0 Å². The maximum absolute atomic E-state index is 13.6. The van der Waals surface area contributed by atoms with Gasteiger partial charge in [-0.3, -0.25) is 0 Å². The fourth-order valence-corrected chi connectivity index (χ4v) is 1.85. The van der Waals surface area contributed by atoms with Crippen LogP contribution in [0.3, 0.4) is 0 Å². The zero-order chi connectivity index (χ0) is 9.84. The molecule has 0 aliphatic heterocycles. The van der Waals surface area contributed by atoms with Crippen molar-refractivity contribution in [2.24, 2.45) is 17.8 Å². The van der Waals surface area contributed by atoms with Gasteiger partial charge in [0.1, 0.15) is 6.17 Å². The average Bonchev–Trinajstić information content (AvgIpc) is 2.87. The standard InChI is InChI=1S/C12H23F/c1-4-9(2)7-10(3)12(13)8-11-5-6-11/h9-12H,4-8H2,1-3H3/t9?,10?,12-/m0/s1. The molecule has 2 unspecified atom stereocenters. The normalized spacial score (nSPS) is 24.0. The van der Waals surface area contributed by atoms with Gasteiger partial charge >= 0.3 is 0 Å². The van der Waals surface area contributed by atoms with Crippen LogP contribution in [-0.4, -0.2) is 6.17 Å². The van der Waals surface area contributed by atoms with Gasteiger partial charge in [-0.25, -0.2) is 4.39 Å². The Morgan fingerprint density at radius 1 is 1.31 bits per heavy atom. The number of hydrogen-bond donors (Lipinski definition) is 0. The maximum Gasteiger partial charge on any atom is 0.103 e. The van der Waals surface area contributed by atoms with Gasteiger partial charge in [0, 0.05) is 0 Å². The van der Waals surface area contributed by atoms with Gasteiger partial charge in [-0.05, 0) is 30.6 Å². The lowest BCUT2D eigenvalue weighted by Crippen LogP contribution is -2.16. The molecule has 13 heavy (non-hydrogen) atoms. The minimum Gasteiger partial charge on any atom is -0.247 e. The van der Waals surface area contributed by atoms with Gasteiger partial charge in [-0.1, -0.05) is 40.0 Å². The van der Waals surface area contributed by atoms with Crippen molar-refractivity contribution in [3.63, 3.8) is 0 Å². The van der Waals surface area contributed by atoms with Gasteiger partial charge in [0.05, 0.1) is 0 Å². The lowest BCUT2D eigenvalue weighted by molar-refractivity contribution is 0.191. The molecule has 3 atom stereocenters. The Bertz CT molecular complexity index is 140. The monoisotopic (exact) mass is 186 g/mol. The largest absolute Gasteiger partial charge is 0.247 e. The quantitative estimate of drug-likeness (QED) is 0.583. The van der Waals surface area contributed by atoms with Crippen molar-refractivity contribution >= 4 is 0 Å². The minimum absolute atomic E-state index is 0.274. The molecule has 1 aliphatic carbocycles. The van der Waals surface area contributed by atoms with Gasteiger partial charge in [-0.15, -0.1) is 0 Å². The fraction of sp³-hybridized carbons (Fsp3) is 1.00. The molecule has 0 aromatic rings. The first kappa shape index (κ1) is 11.0. The summed E-state index contributed by atoms with van der Waals surface area (Å²) in [5.74, 6) is 1.69. The van der Waals surface area contributed by atoms with Gasteiger partial charge in [0.2, 0.25) is 0 Å². The third kappa shape index (κ3) is 4.10. The molecule has 1 heteroatoms. The highest BCUT2D eigenvalue weighted by Gasteiger charge is 2.28. The summed E-state index contributed by atoms with van der Waals surface area (Å²) in [5.41, 5.74) is 0. The summed E-state index contributed by atoms with van der Waals surface area (Å²) in [6.07, 6.45) is 5.08. The van der Waals surface area contributed by atoms with E-state index >= 15 is 0 Å². The van der Waals surface area contributed by atoms with Crippen molar-refractivity contribution < 1.29 is 4.39 Å². The third-order valence-electron chi connectivity index (χ3n) is 3.34. The predicted molar refractivity (Wildman–Crippen MR) is 55.5 cm³/mol. The van der Waals surface area contributed by atoms with E-state index in [4.69, 9.17) is 0 Å². The molecule has 0 bridgehead atoms. The fourth-order valence-electron chi connectivity index (χ4n) is 1.85. The van der Waals surface area contributed by atoms with Crippen LogP contribution in [0.1, 0.15) is 52.9 Å². The molecular weight excluding hydrogens is 163 g/mol. The molecule has 1 saturated carbocycles. The van der Waals surface area contributed by atoms with Crippen LogP contribution in [0.25, 0.3) is 0 Å². The third-order valence-corrected chi connectivity index (χ3v) is 3.34. The van der Waals surface area contributed by atoms with Crippen molar-refractivity contribution in [2.45, 2.75) is 59.0 Å². The zero-order valence-electron chi connectivity index (χ0n) is 9.22. The zero-order valence-corrected chi connectivity index (χ0v) is 9.22. The molecule has 78 valence electrons. The van der Waals surface area contributed by atoms with E-state index in [0.29, 0.717) is 5.92 Å². The van der Waals surface area contributed by atoms with Crippen molar-refractivity contribution in [2.75, 3.05) is 0 Å². The van der Waals surface area contributed by atoms with Crippen LogP contribution >= 0.6 is 0 Å². The van der Waals surface area contributed by atoms with Crippen LogP contribution in [0.15, 0.2) is 0 Å². The van der Waals surface area contributed by atoms with Crippen molar-refractivity contribution in [3.05, 3.63) is 0 Å². The van der Waals surface area contributed by atoms with E-state index in [2.05, 4.69) is 20.8 Å². The highest BCUT2D eigenvalue weighted by molar-refractivity contribution is 4.79. The summed E-state index contributed by atoms with van der Waals surface area (Å²) in [6, 6.07) is 0. The van der Waals surface area contributed by atoms with E-state index in [9.17, 15) is 4.39 Å². The summed E-state index contributed by atoms with van der Waals surface area (Å²) in [5, 5.41) is 0. The Hall–Kier alpha value is -0.0700. The van der Waals surface area contributed by atoms with Gasteiger partial charge in [0.25, 0.3) is 0 Å². The summed E-state index contributed by atoms with van der Waals surface area (Å²) >= 11 is 0. The molecule has 0 spiro atoms. The van der Waals surface area contributed by atoms with Crippen LogP contribution in [0.5, 0.6) is 0 Å². The molecule has 0 amide bonds. The van der Waals surface area contributed by atoms with Crippen LogP contribution in [-0.2, 0) is 0 Å². The SMILES string of the molecule is CCC(C)CC(C)[C@@H](F)CC1CC1. The molecule has 0 N–H and O–H groups in total. The van der Waals surface area contributed by atoms with E-state index in [1.165, 1.54) is 19.3 Å². The van der Waals surface area contributed by atoms with Crippen molar-refractivity contribution in [3.8, 4) is 0 Å². The van der Waals surface area contributed by atoms with Crippen molar-refractivity contribution in [1.82, 2.24) is 0 Å². The second-order valence-corrected chi connectivity index (χ2v) is 4.92. The first-order valence-electron chi connectivity index (χ1n) is 5.77. The Balaban J connectivity index is 2.15. The van der Waals surface area contributed by atoms with Crippen molar-refractivity contribution in [1.29, 1.82) is 0 Å². The smallest absolute Gasteiger partial charge is 0.103 e. The second-order valence-electron chi connectivity index (χ2n) is 4.92. The Morgan fingerprint density at radius 2 is 1.92 bits per heavy atom. The number of rotatable bonds is 6. The lowest BCUT2D eigenvalue weighted by Gasteiger charge is -2.19. The number of hydrogen-bond acceptors (Lipinski definition) is 0. The van der Waals surface area contributed by atoms with Gasteiger partial charge in [0.15, 0.2) is 0 Å². The first-order valence-corrected chi connectivity index (χ1v) is 5.77. The minimum atomic E-state index is -0.540. The Morgan fingerprint density at radius 3 is 2.38 bits per heavy atom. The highest BCUT2D eigenvalue weighted by Crippen LogP contribution is 2.36. The molecule has 0 aromatic heterocycles. The molecule has 0 heterocycles. The van der Waals surface area contributed by atoms with Gasteiger partial charge < -0.3 is 0 Å².